The average Bonchev–Trinajstić information content (AvgIpc) is 3.22. The molecule has 1 fully saturated rings. The van der Waals surface area contributed by atoms with Crippen LogP contribution in [0, 0.1) is 0 Å². The number of hydrogen-bond acceptors (Lipinski definition) is 4. The monoisotopic (exact) mass is 404 g/mol. The molecule has 1 N–H and O–H groups in total. The number of sulfonamides is 1. The van der Waals surface area contributed by atoms with Gasteiger partial charge in [0, 0.05) is 24.0 Å². The summed E-state index contributed by atoms with van der Waals surface area (Å²) >= 11 is 1.45. The lowest BCUT2D eigenvalue weighted by Gasteiger charge is -2.19. The van der Waals surface area contributed by atoms with Gasteiger partial charge in [0.05, 0.1) is 10.5 Å². The minimum absolute atomic E-state index is 0.0926. The molecule has 0 aromatic heterocycles. The maximum absolute atomic E-state index is 12.9. The molecule has 0 radical (unpaired) electrons. The second kappa shape index (κ2) is 8.46. The van der Waals surface area contributed by atoms with Gasteiger partial charge < -0.3 is 4.90 Å². The van der Waals surface area contributed by atoms with Gasteiger partial charge in [0.25, 0.3) is 5.91 Å². The van der Waals surface area contributed by atoms with Crippen molar-refractivity contribution in [3.05, 3.63) is 59.7 Å². The van der Waals surface area contributed by atoms with Crippen molar-refractivity contribution in [1.82, 2.24) is 9.62 Å². The van der Waals surface area contributed by atoms with Crippen LogP contribution in [0.3, 0.4) is 0 Å². The van der Waals surface area contributed by atoms with Gasteiger partial charge in [-0.2, -0.15) is 0 Å². The number of carbonyl (C=O) groups is 1. The lowest BCUT2D eigenvalue weighted by Crippen LogP contribution is -2.29. The molecule has 5 nitrogen and oxygen atoms in total. The molecule has 144 valence electrons. The van der Waals surface area contributed by atoms with Crippen LogP contribution in [0.25, 0.3) is 0 Å². The van der Waals surface area contributed by atoms with Crippen LogP contribution >= 0.6 is 11.8 Å². The van der Waals surface area contributed by atoms with E-state index < -0.39 is 10.0 Å². The fourth-order valence-electron chi connectivity index (χ4n) is 3.22. The molecule has 1 aliphatic heterocycles. The molecular weight excluding hydrogens is 380 g/mol. The second-order valence-electron chi connectivity index (χ2n) is 6.62. The molecule has 0 aliphatic carbocycles. The molecule has 0 spiro atoms. The van der Waals surface area contributed by atoms with E-state index in [-0.39, 0.29) is 16.8 Å². The van der Waals surface area contributed by atoms with Gasteiger partial charge in [-0.1, -0.05) is 30.3 Å². The smallest absolute Gasteiger partial charge is 0.255 e. The largest absolute Gasteiger partial charge is 0.339 e. The predicted molar refractivity (Wildman–Crippen MR) is 109 cm³/mol. The third-order valence-electron chi connectivity index (χ3n) is 4.74. The van der Waals surface area contributed by atoms with Crippen LogP contribution < -0.4 is 4.72 Å². The number of rotatable bonds is 6. The Morgan fingerprint density at radius 1 is 1.11 bits per heavy atom. The number of likely N-dealkylation sites (tertiary alicyclic amines) is 1. The van der Waals surface area contributed by atoms with Crippen LogP contribution in [0.2, 0.25) is 0 Å². The number of hydrogen-bond donors (Lipinski definition) is 1. The number of thioether (sulfide) groups is 1. The summed E-state index contributed by atoms with van der Waals surface area (Å²) in [6.45, 7) is 3.26. The molecule has 0 bridgehead atoms. The standard InChI is InChI=1S/C20H24N2O3S2/c1-15(16-8-4-3-5-9-16)21-27(24,25)17-10-11-19(26-2)18(14-17)20(23)22-12-6-7-13-22/h3-5,8-11,14-15,21H,6-7,12-13H2,1-2H3/t15-/m1/s1. The molecule has 1 saturated heterocycles. The molecular formula is C20H24N2O3S2. The van der Waals surface area contributed by atoms with Crippen molar-refractivity contribution in [3.8, 4) is 0 Å². The third kappa shape index (κ3) is 4.54. The van der Waals surface area contributed by atoms with Crippen molar-refractivity contribution in [2.75, 3.05) is 19.3 Å². The SMILES string of the molecule is CSc1ccc(S(=O)(=O)N[C@H](C)c2ccccc2)cc1C(=O)N1CCCC1. The van der Waals surface area contributed by atoms with Gasteiger partial charge in [0.15, 0.2) is 0 Å². The maximum Gasteiger partial charge on any atom is 0.255 e. The molecule has 1 aliphatic rings. The number of nitrogens with one attached hydrogen (secondary N) is 1. The molecule has 7 heteroatoms. The van der Waals surface area contributed by atoms with E-state index in [1.54, 1.807) is 24.0 Å². The van der Waals surface area contributed by atoms with Crippen molar-refractivity contribution >= 4 is 27.7 Å². The van der Waals surface area contributed by atoms with Crippen LogP contribution in [0.1, 0.15) is 41.7 Å². The predicted octanol–water partition coefficient (Wildman–Crippen LogP) is 3.68. The zero-order valence-electron chi connectivity index (χ0n) is 15.5. The summed E-state index contributed by atoms with van der Waals surface area (Å²) < 4.78 is 28.4. The van der Waals surface area contributed by atoms with Crippen molar-refractivity contribution in [2.45, 2.75) is 35.6 Å². The summed E-state index contributed by atoms with van der Waals surface area (Å²) in [6.07, 6.45) is 3.88. The van der Waals surface area contributed by atoms with E-state index in [9.17, 15) is 13.2 Å². The fourth-order valence-corrected chi connectivity index (χ4v) is 5.05. The highest BCUT2D eigenvalue weighted by atomic mass is 32.2. The Bertz CT molecular complexity index is 908. The molecule has 0 unspecified atom stereocenters. The lowest BCUT2D eigenvalue weighted by atomic mass is 10.1. The number of nitrogens with zero attached hydrogens (tertiary/aromatic N) is 1. The third-order valence-corrected chi connectivity index (χ3v) is 7.07. The topological polar surface area (TPSA) is 66.5 Å². The first-order valence-corrected chi connectivity index (χ1v) is 11.7. The van der Waals surface area contributed by atoms with Gasteiger partial charge in [0.2, 0.25) is 10.0 Å². The van der Waals surface area contributed by atoms with Crippen molar-refractivity contribution in [1.29, 1.82) is 0 Å². The summed E-state index contributed by atoms with van der Waals surface area (Å²) in [5, 5.41) is 0. The molecule has 2 aromatic carbocycles. The Morgan fingerprint density at radius 3 is 2.41 bits per heavy atom. The van der Waals surface area contributed by atoms with Crippen LogP contribution in [0.5, 0.6) is 0 Å². The molecule has 0 saturated carbocycles. The van der Waals surface area contributed by atoms with Crippen LogP contribution in [-0.2, 0) is 10.0 Å². The van der Waals surface area contributed by atoms with E-state index in [0.29, 0.717) is 5.56 Å². The number of amides is 1. The molecule has 1 heterocycles. The van der Waals surface area contributed by atoms with Crippen molar-refractivity contribution in [2.24, 2.45) is 0 Å². The molecule has 3 rings (SSSR count). The summed E-state index contributed by atoms with van der Waals surface area (Å²) in [4.78, 5) is 15.6. The summed E-state index contributed by atoms with van der Waals surface area (Å²) in [6, 6.07) is 13.8. The quantitative estimate of drug-likeness (QED) is 0.746. The zero-order valence-corrected chi connectivity index (χ0v) is 17.1. The highest BCUT2D eigenvalue weighted by Crippen LogP contribution is 2.27. The fraction of sp³-hybridized carbons (Fsp3) is 0.350. The Balaban J connectivity index is 1.89. The van der Waals surface area contributed by atoms with E-state index >= 15 is 0 Å². The Morgan fingerprint density at radius 2 is 1.78 bits per heavy atom. The summed E-state index contributed by atoms with van der Waals surface area (Å²) in [5.41, 5.74) is 1.34. The van der Waals surface area contributed by atoms with Gasteiger partial charge in [0.1, 0.15) is 0 Å². The molecule has 1 atom stereocenters. The first kappa shape index (κ1) is 19.9. The maximum atomic E-state index is 12.9. The van der Waals surface area contributed by atoms with E-state index in [0.717, 1.165) is 36.4 Å². The minimum atomic E-state index is -3.74. The van der Waals surface area contributed by atoms with Gasteiger partial charge in [-0.05, 0) is 49.8 Å². The molecule has 2 aromatic rings. The van der Waals surface area contributed by atoms with Gasteiger partial charge in [-0.15, -0.1) is 11.8 Å². The lowest BCUT2D eigenvalue weighted by molar-refractivity contribution is 0.0789. The highest BCUT2D eigenvalue weighted by molar-refractivity contribution is 7.98. The first-order chi connectivity index (χ1) is 12.9. The van der Waals surface area contributed by atoms with Gasteiger partial charge in [-0.25, -0.2) is 13.1 Å². The molecule has 1 amide bonds. The van der Waals surface area contributed by atoms with E-state index in [1.807, 2.05) is 36.6 Å². The first-order valence-electron chi connectivity index (χ1n) is 8.97. The van der Waals surface area contributed by atoms with Crippen LogP contribution in [0.15, 0.2) is 58.3 Å². The van der Waals surface area contributed by atoms with Crippen LogP contribution in [0.4, 0.5) is 0 Å². The van der Waals surface area contributed by atoms with Gasteiger partial charge >= 0.3 is 0 Å². The zero-order chi connectivity index (χ0) is 19.4. The highest BCUT2D eigenvalue weighted by Gasteiger charge is 2.25. The van der Waals surface area contributed by atoms with Crippen LogP contribution in [-0.4, -0.2) is 38.6 Å². The number of carbonyl (C=O) groups excluding carboxylic acids is 1. The summed E-state index contributed by atoms with van der Waals surface area (Å²) in [7, 11) is -3.74. The summed E-state index contributed by atoms with van der Waals surface area (Å²) in [5.74, 6) is -0.0926. The van der Waals surface area contributed by atoms with Crippen molar-refractivity contribution < 1.29 is 13.2 Å². The second-order valence-corrected chi connectivity index (χ2v) is 9.18. The normalized spacial score (nSPS) is 15.7. The van der Waals surface area contributed by atoms with E-state index in [2.05, 4.69) is 4.72 Å². The van der Waals surface area contributed by atoms with Gasteiger partial charge in [-0.3, -0.25) is 4.79 Å². The van der Waals surface area contributed by atoms with Crippen molar-refractivity contribution in [3.63, 3.8) is 0 Å². The Hall–Kier alpha value is -1.83. The Labute approximate surface area is 165 Å². The average molecular weight is 405 g/mol. The molecule has 27 heavy (non-hydrogen) atoms. The minimum Gasteiger partial charge on any atom is -0.339 e. The van der Waals surface area contributed by atoms with E-state index in [1.165, 1.54) is 17.8 Å². The number of benzene rings is 2. The van der Waals surface area contributed by atoms with E-state index in [4.69, 9.17) is 0 Å². The Kier molecular flexibility index (Phi) is 6.24.